The van der Waals surface area contributed by atoms with Crippen molar-refractivity contribution in [3.63, 3.8) is 0 Å². The van der Waals surface area contributed by atoms with Gasteiger partial charge >= 0.3 is 0 Å². The molecule has 1 amide bonds. The largest absolute Gasteiger partial charge is 0.351 e. The zero-order valence-electron chi connectivity index (χ0n) is 10.3. The summed E-state index contributed by atoms with van der Waals surface area (Å²) in [4.78, 5) is 11.9. The Labute approximate surface area is 116 Å². The van der Waals surface area contributed by atoms with Crippen molar-refractivity contribution in [3.05, 3.63) is 33.8 Å². The van der Waals surface area contributed by atoms with Gasteiger partial charge in [-0.1, -0.05) is 35.8 Å². The highest BCUT2D eigenvalue weighted by Gasteiger charge is 2.18. The molecule has 94 valence electrons. The van der Waals surface area contributed by atoms with E-state index in [1.807, 2.05) is 39.0 Å². The zero-order valence-corrected chi connectivity index (χ0v) is 12.7. The molecule has 0 aliphatic rings. The topological polar surface area (TPSA) is 29.1 Å². The smallest absolute Gasteiger partial charge is 0.251 e. The Kier molecular flexibility index (Phi) is 5.02. The monoisotopic (exact) mass is 317 g/mol. The number of amides is 1. The zero-order chi connectivity index (χ0) is 13.1. The Bertz CT molecular complexity index is 418. The van der Waals surface area contributed by atoms with E-state index in [1.165, 1.54) is 0 Å². The predicted octanol–water partition coefficient (Wildman–Crippen LogP) is 3.75. The number of rotatable bonds is 4. The van der Waals surface area contributed by atoms with Gasteiger partial charge in [-0.3, -0.25) is 4.79 Å². The second kappa shape index (κ2) is 5.87. The van der Waals surface area contributed by atoms with Crippen LogP contribution in [0, 0.1) is 12.3 Å². The fourth-order valence-electron chi connectivity index (χ4n) is 1.20. The van der Waals surface area contributed by atoms with Gasteiger partial charge < -0.3 is 5.32 Å². The maximum absolute atomic E-state index is 11.9. The molecule has 0 aliphatic heterocycles. The van der Waals surface area contributed by atoms with Crippen molar-refractivity contribution in [2.45, 2.75) is 20.8 Å². The van der Waals surface area contributed by atoms with Crippen molar-refractivity contribution in [2.24, 2.45) is 5.41 Å². The first-order valence-electron chi connectivity index (χ1n) is 5.46. The fraction of sp³-hybridized carbons (Fsp3) is 0.462. The van der Waals surface area contributed by atoms with E-state index in [0.29, 0.717) is 18.0 Å². The molecule has 0 radical (unpaired) electrons. The molecule has 2 nitrogen and oxygen atoms in total. The van der Waals surface area contributed by atoms with Crippen molar-refractivity contribution in [2.75, 3.05) is 12.4 Å². The highest BCUT2D eigenvalue weighted by atomic mass is 79.9. The van der Waals surface area contributed by atoms with Crippen LogP contribution in [-0.2, 0) is 0 Å². The average Bonchev–Trinajstić information content (AvgIpc) is 2.30. The first-order chi connectivity index (χ1) is 7.85. The summed E-state index contributed by atoms with van der Waals surface area (Å²) in [6.07, 6.45) is 0. The molecular formula is C13H17BrClNO. The maximum atomic E-state index is 11.9. The van der Waals surface area contributed by atoms with Gasteiger partial charge in [-0.2, -0.15) is 0 Å². The van der Waals surface area contributed by atoms with Gasteiger partial charge in [0.1, 0.15) is 0 Å². The van der Waals surface area contributed by atoms with Gasteiger partial charge in [-0.05, 0) is 30.0 Å². The lowest BCUT2D eigenvalue weighted by Crippen LogP contribution is -2.35. The van der Waals surface area contributed by atoms with Crippen LogP contribution in [0.1, 0.15) is 29.8 Å². The lowest BCUT2D eigenvalue weighted by Gasteiger charge is -2.21. The number of halogens is 2. The number of carbonyl (C=O) groups excluding carboxylic acids is 1. The summed E-state index contributed by atoms with van der Waals surface area (Å²) >= 11 is 9.23. The molecule has 0 saturated heterocycles. The predicted molar refractivity (Wildman–Crippen MR) is 75.7 cm³/mol. The van der Waals surface area contributed by atoms with E-state index in [0.717, 1.165) is 10.0 Å². The molecule has 1 rings (SSSR count). The Hall–Kier alpha value is -0.540. The lowest BCUT2D eigenvalue weighted by atomic mass is 9.96. The Balaban J connectivity index is 2.68. The van der Waals surface area contributed by atoms with Crippen LogP contribution < -0.4 is 5.32 Å². The molecule has 1 N–H and O–H groups in total. The summed E-state index contributed by atoms with van der Waals surface area (Å²) in [6.45, 7) is 6.60. The van der Waals surface area contributed by atoms with Gasteiger partial charge in [0.25, 0.3) is 5.91 Å². The summed E-state index contributed by atoms with van der Waals surface area (Å²) in [5.41, 5.74) is 1.69. The third-order valence-electron chi connectivity index (χ3n) is 2.52. The van der Waals surface area contributed by atoms with Gasteiger partial charge in [0.2, 0.25) is 0 Å². The summed E-state index contributed by atoms with van der Waals surface area (Å²) in [5, 5.41) is 2.89. The molecule has 4 heteroatoms. The van der Waals surface area contributed by atoms with Gasteiger partial charge in [0, 0.05) is 22.5 Å². The van der Waals surface area contributed by atoms with E-state index in [9.17, 15) is 4.79 Å². The Morgan fingerprint density at radius 3 is 2.65 bits per heavy atom. The number of alkyl halides is 1. The fourth-order valence-corrected chi connectivity index (χ4v) is 1.68. The van der Waals surface area contributed by atoms with Crippen LogP contribution in [0.5, 0.6) is 0 Å². The quantitative estimate of drug-likeness (QED) is 0.842. The van der Waals surface area contributed by atoms with Crippen molar-refractivity contribution >= 4 is 33.4 Å². The number of nitrogens with one attached hydrogen (secondary N) is 1. The number of benzene rings is 1. The van der Waals surface area contributed by atoms with Crippen LogP contribution in [0.2, 0.25) is 0 Å². The van der Waals surface area contributed by atoms with Gasteiger partial charge in [0.05, 0.1) is 0 Å². The lowest BCUT2D eigenvalue weighted by molar-refractivity contribution is 0.0940. The second-order valence-electron chi connectivity index (χ2n) is 4.94. The minimum Gasteiger partial charge on any atom is -0.351 e. The number of hydrogen-bond acceptors (Lipinski definition) is 1. The SMILES string of the molecule is Cc1ccc(C(=O)NCC(C)(C)CCl)cc1Br. The first-order valence-corrected chi connectivity index (χ1v) is 6.79. The summed E-state index contributed by atoms with van der Waals surface area (Å²) in [7, 11) is 0. The minimum absolute atomic E-state index is 0.0658. The van der Waals surface area contributed by atoms with Crippen LogP contribution in [0.15, 0.2) is 22.7 Å². The van der Waals surface area contributed by atoms with E-state index in [1.54, 1.807) is 0 Å². The number of hydrogen-bond donors (Lipinski definition) is 1. The first kappa shape index (κ1) is 14.5. The molecule has 17 heavy (non-hydrogen) atoms. The van der Waals surface area contributed by atoms with Crippen molar-refractivity contribution in [3.8, 4) is 0 Å². The van der Waals surface area contributed by atoms with Crippen molar-refractivity contribution in [1.82, 2.24) is 5.32 Å². The van der Waals surface area contributed by atoms with Gasteiger partial charge in [0.15, 0.2) is 0 Å². The van der Waals surface area contributed by atoms with Crippen LogP contribution in [0.3, 0.4) is 0 Å². The third-order valence-corrected chi connectivity index (χ3v) is 4.10. The molecule has 0 bridgehead atoms. The molecule has 0 atom stereocenters. The van der Waals surface area contributed by atoms with E-state index >= 15 is 0 Å². The molecule has 0 fully saturated rings. The molecule has 0 aliphatic carbocycles. The van der Waals surface area contributed by atoms with Gasteiger partial charge in [-0.25, -0.2) is 0 Å². The third kappa shape index (κ3) is 4.32. The van der Waals surface area contributed by atoms with Crippen molar-refractivity contribution in [1.29, 1.82) is 0 Å². The Morgan fingerprint density at radius 1 is 1.47 bits per heavy atom. The van der Waals surface area contributed by atoms with Gasteiger partial charge in [-0.15, -0.1) is 11.6 Å². The molecule has 0 unspecified atom stereocenters. The van der Waals surface area contributed by atoms with E-state index in [-0.39, 0.29) is 11.3 Å². The molecule has 0 heterocycles. The molecule has 0 saturated carbocycles. The maximum Gasteiger partial charge on any atom is 0.251 e. The molecular weight excluding hydrogens is 302 g/mol. The molecule has 1 aromatic carbocycles. The normalized spacial score (nSPS) is 11.4. The van der Waals surface area contributed by atoms with Crippen LogP contribution in [0.4, 0.5) is 0 Å². The highest BCUT2D eigenvalue weighted by molar-refractivity contribution is 9.10. The van der Waals surface area contributed by atoms with E-state index in [2.05, 4.69) is 21.2 Å². The second-order valence-corrected chi connectivity index (χ2v) is 6.07. The number of aryl methyl sites for hydroxylation is 1. The molecule has 1 aromatic rings. The van der Waals surface area contributed by atoms with Crippen LogP contribution in [-0.4, -0.2) is 18.3 Å². The minimum atomic E-state index is -0.0842. The highest BCUT2D eigenvalue weighted by Crippen LogP contribution is 2.18. The van der Waals surface area contributed by atoms with E-state index in [4.69, 9.17) is 11.6 Å². The molecule has 0 spiro atoms. The van der Waals surface area contributed by atoms with Crippen molar-refractivity contribution < 1.29 is 4.79 Å². The van der Waals surface area contributed by atoms with Crippen LogP contribution in [0.25, 0.3) is 0 Å². The summed E-state index contributed by atoms with van der Waals surface area (Å²) in [5.74, 6) is 0.453. The molecule has 0 aromatic heterocycles. The summed E-state index contributed by atoms with van der Waals surface area (Å²) in [6, 6.07) is 5.58. The van der Waals surface area contributed by atoms with E-state index < -0.39 is 0 Å². The average molecular weight is 319 g/mol. The summed E-state index contributed by atoms with van der Waals surface area (Å²) < 4.78 is 0.946. The Morgan fingerprint density at radius 2 is 2.12 bits per heavy atom. The number of carbonyl (C=O) groups is 1. The standard InChI is InChI=1S/C13H17BrClNO/c1-9-4-5-10(6-11(9)14)12(17)16-8-13(2,3)7-15/h4-6H,7-8H2,1-3H3,(H,16,17). The van der Waals surface area contributed by atoms with Crippen LogP contribution >= 0.6 is 27.5 Å².